The molecule has 25 heavy (non-hydrogen) atoms. The minimum absolute atomic E-state index is 0.124. The molecule has 6 nitrogen and oxygen atoms in total. The number of aromatic nitrogens is 3. The molecule has 3 rings (SSSR count). The van der Waals surface area contributed by atoms with Gasteiger partial charge in [-0.3, -0.25) is 9.48 Å². The lowest BCUT2D eigenvalue weighted by molar-refractivity contribution is -0.118. The first-order valence-electron chi connectivity index (χ1n) is 7.84. The van der Waals surface area contributed by atoms with Crippen LogP contribution in [0.1, 0.15) is 11.4 Å². The van der Waals surface area contributed by atoms with Gasteiger partial charge >= 0.3 is 0 Å². The third-order valence-electron chi connectivity index (χ3n) is 3.77. The SMILES string of the molecule is COCCn1c(=NC(=O)Cn2nc(C)cc2C)sc2cc(Cl)ccc21. The van der Waals surface area contributed by atoms with Crippen molar-refractivity contribution < 1.29 is 9.53 Å². The topological polar surface area (TPSA) is 61.4 Å². The number of methoxy groups -OCH3 is 1. The summed E-state index contributed by atoms with van der Waals surface area (Å²) in [5.41, 5.74) is 2.82. The number of hydrogen-bond acceptors (Lipinski definition) is 4. The Morgan fingerprint density at radius 3 is 2.84 bits per heavy atom. The van der Waals surface area contributed by atoms with Crippen molar-refractivity contribution in [3.05, 3.63) is 45.5 Å². The highest BCUT2D eigenvalue weighted by atomic mass is 35.5. The highest BCUT2D eigenvalue weighted by Crippen LogP contribution is 2.21. The van der Waals surface area contributed by atoms with E-state index in [1.165, 1.54) is 11.3 Å². The molecule has 0 radical (unpaired) electrons. The number of halogens is 1. The summed E-state index contributed by atoms with van der Waals surface area (Å²) in [4.78, 5) is 17.4. The molecule has 8 heteroatoms. The Morgan fingerprint density at radius 2 is 2.16 bits per heavy atom. The maximum Gasteiger partial charge on any atom is 0.270 e. The molecule has 0 aliphatic heterocycles. The summed E-state index contributed by atoms with van der Waals surface area (Å²) in [6.45, 7) is 5.10. The molecule has 0 aliphatic carbocycles. The zero-order chi connectivity index (χ0) is 18.0. The Balaban J connectivity index is 1.99. The van der Waals surface area contributed by atoms with Crippen molar-refractivity contribution in [3.63, 3.8) is 0 Å². The summed E-state index contributed by atoms with van der Waals surface area (Å²) in [5, 5.41) is 4.97. The molecule has 3 aromatic rings. The van der Waals surface area contributed by atoms with Crippen molar-refractivity contribution in [2.24, 2.45) is 4.99 Å². The maximum atomic E-state index is 12.4. The molecular formula is C17H19ClN4O2S. The number of fused-ring (bicyclic) bond motifs is 1. The summed E-state index contributed by atoms with van der Waals surface area (Å²) in [6, 6.07) is 7.60. The molecule has 0 bridgehead atoms. The van der Waals surface area contributed by atoms with Gasteiger partial charge in [0.25, 0.3) is 5.91 Å². The van der Waals surface area contributed by atoms with E-state index in [1.807, 2.05) is 42.7 Å². The van der Waals surface area contributed by atoms with Crippen molar-refractivity contribution in [2.45, 2.75) is 26.9 Å². The van der Waals surface area contributed by atoms with Gasteiger partial charge in [0.1, 0.15) is 6.54 Å². The molecule has 0 unspecified atom stereocenters. The van der Waals surface area contributed by atoms with E-state index in [1.54, 1.807) is 11.8 Å². The second kappa shape index (κ2) is 7.51. The Morgan fingerprint density at radius 1 is 1.36 bits per heavy atom. The lowest BCUT2D eigenvalue weighted by Gasteiger charge is -2.04. The smallest absolute Gasteiger partial charge is 0.270 e. The summed E-state index contributed by atoms with van der Waals surface area (Å²) >= 11 is 7.52. The first-order valence-corrected chi connectivity index (χ1v) is 9.04. The number of aryl methyl sites for hydroxylation is 2. The monoisotopic (exact) mass is 378 g/mol. The van der Waals surface area contributed by atoms with Crippen LogP contribution in [-0.2, 0) is 22.6 Å². The number of hydrogen-bond donors (Lipinski definition) is 0. The molecule has 132 valence electrons. The van der Waals surface area contributed by atoms with Crippen LogP contribution in [0.5, 0.6) is 0 Å². The van der Waals surface area contributed by atoms with Gasteiger partial charge in [-0.05, 0) is 38.1 Å². The number of carbonyl (C=O) groups is 1. The summed E-state index contributed by atoms with van der Waals surface area (Å²) in [6.07, 6.45) is 0. The van der Waals surface area contributed by atoms with Crippen LogP contribution in [0.2, 0.25) is 5.02 Å². The fourth-order valence-electron chi connectivity index (χ4n) is 2.64. The van der Waals surface area contributed by atoms with E-state index in [0.717, 1.165) is 21.6 Å². The van der Waals surface area contributed by atoms with E-state index >= 15 is 0 Å². The van der Waals surface area contributed by atoms with Gasteiger partial charge in [-0.2, -0.15) is 10.1 Å². The standard InChI is InChI=1S/C17H19ClN4O2S/c1-11-8-12(2)22(20-11)10-16(23)19-17-21(6-7-24-3)14-5-4-13(18)9-15(14)25-17/h4-5,8-9H,6-7,10H2,1-3H3. The second-order valence-corrected chi connectivity index (χ2v) is 7.18. The number of nitrogens with zero attached hydrogens (tertiary/aromatic N) is 4. The van der Waals surface area contributed by atoms with Crippen molar-refractivity contribution in [1.82, 2.24) is 14.3 Å². The molecule has 0 N–H and O–H groups in total. The van der Waals surface area contributed by atoms with Crippen LogP contribution in [-0.4, -0.2) is 34.0 Å². The van der Waals surface area contributed by atoms with Gasteiger partial charge in [-0.25, -0.2) is 0 Å². The average Bonchev–Trinajstić information content (AvgIpc) is 3.03. The van der Waals surface area contributed by atoms with Crippen LogP contribution < -0.4 is 4.80 Å². The zero-order valence-electron chi connectivity index (χ0n) is 14.3. The van der Waals surface area contributed by atoms with Crippen LogP contribution in [0.4, 0.5) is 0 Å². The predicted molar refractivity (Wildman–Crippen MR) is 99.0 cm³/mol. The van der Waals surface area contributed by atoms with Crippen molar-refractivity contribution >= 4 is 39.1 Å². The Hall–Kier alpha value is -1.96. The maximum absolute atomic E-state index is 12.4. The van der Waals surface area contributed by atoms with E-state index in [0.29, 0.717) is 23.0 Å². The third-order valence-corrected chi connectivity index (χ3v) is 5.05. The van der Waals surface area contributed by atoms with E-state index in [-0.39, 0.29) is 12.5 Å². The first-order chi connectivity index (χ1) is 12.0. The molecule has 0 saturated carbocycles. The molecule has 0 saturated heterocycles. The van der Waals surface area contributed by atoms with Crippen LogP contribution in [0.25, 0.3) is 10.2 Å². The predicted octanol–water partition coefficient (Wildman–Crippen LogP) is 2.94. The van der Waals surface area contributed by atoms with Gasteiger partial charge in [0.2, 0.25) is 0 Å². The van der Waals surface area contributed by atoms with Gasteiger partial charge in [-0.15, -0.1) is 0 Å². The minimum Gasteiger partial charge on any atom is -0.383 e. The Kier molecular flexibility index (Phi) is 5.36. The lowest BCUT2D eigenvalue weighted by atomic mass is 10.3. The summed E-state index contributed by atoms with van der Waals surface area (Å²) in [5.74, 6) is -0.241. The van der Waals surface area contributed by atoms with Crippen molar-refractivity contribution in [1.29, 1.82) is 0 Å². The normalized spacial score (nSPS) is 12.2. The molecule has 0 fully saturated rings. The number of benzene rings is 1. The first kappa shape index (κ1) is 17.8. The molecule has 2 aromatic heterocycles. The molecular weight excluding hydrogens is 360 g/mol. The van der Waals surface area contributed by atoms with E-state index in [9.17, 15) is 4.79 Å². The van der Waals surface area contributed by atoms with Crippen LogP contribution in [0.3, 0.4) is 0 Å². The minimum atomic E-state index is -0.241. The van der Waals surface area contributed by atoms with E-state index < -0.39 is 0 Å². The molecule has 2 heterocycles. The Bertz CT molecular complexity index is 986. The lowest BCUT2D eigenvalue weighted by Crippen LogP contribution is -2.21. The van der Waals surface area contributed by atoms with E-state index in [2.05, 4.69) is 10.1 Å². The van der Waals surface area contributed by atoms with Crippen molar-refractivity contribution in [3.8, 4) is 0 Å². The number of ether oxygens (including phenoxy) is 1. The highest BCUT2D eigenvalue weighted by molar-refractivity contribution is 7.16. The number of rotatable bonds is 5. The van der Waals surface area contributed by atoms with Gasteiger partial charge in [0, 0.05) is 24.4 Å². The summed E-state index contributed by atoms with van der Waals surface area (Å²) < 4.78 is 9.82. The van der Waals surface area contributed by atoms with Gasteiger partial charge in [0.15, 0.2) is 4.80 Å². The quantitative estimate of drug-likeness (QED) is 0.685. The number of carbonyl (C=O) groups excluding carboxylic acids is 1. The average molecular weight is 379 g/mol. The van der Waals surface area contributed by atoms with E-state index in [4.69, 9.17) is 16.3 Å². The molecule has 1 amide bonds. The fourth-order valence-corrected chi connectivity index (χ4v) is 3.99. The molecule has 0 atom stereocenters. The van der Waals surface area contributed by atoms with Crippen LogP contribution in [0, 0.1) is 13.8 Å². The highest BCUT2D eigenvalue weighted by Gasteiger charge is 2.10. The largest absolute Gasteiger partial charge is 0.383 e. The number of thiazole rings is 1. The van der Waals surface area contributed by atoms with Gasteiger partial charge in [-0.1, -0.05) is 22.9 Å². The molecule has 0 aliphatic rings. The molecule has 0 spiro atoms. The fraction of sp³-hybridized carbons (Fsp3) is 0.353. The zero-order valence-corrected chi connectivity index (χ0v) is 15.9. The third kappa shape index (κ3) is 4.00. The summed E-state index contributed by atoms with van der Waals surface area (Å²) in [7, 11) is 1.65. The Labute approximate surface area is 154 Å². The number of amides is 1. The van der Waals surface area contributed by atoms with Crippen LogP contribution >= 0.6 is 22.9 Å². The van der Waals surface area contributed by atoms with Gasteiger partial charge in [0.05, 0.1) is 22.5 Å². The van der Waals surface area contributed by atoms with Crippen LogP contribution in [0.15, 0.2) is 29.3 Å². The second-order valence-electron chi connectivity index (χ2n) is 5.73. The van der Waals surface area contributed by atoms with Gasteiger partial charge < -0.3 is 9.30 Å². The molecule has 1 aromatic carbocycles. The van der Waals surface area contributed by atoms with Crippen molar-refractivity contribution in [2.75, 3.05) is 13.7 Å².